The molecule has 1 nitrogen and oxygen atoms in total. The summed E-state index contributed by atoms with van der Waals surface area (Å²) in [5.74, 6) is 0. The van der Waals surface area contributed by atoms with Gasteiger partial charge in [-0.1, -0.05) is 64.0 Å². The van der Waals surface area contributed by atoms with Gasteiger partial charge in [-0.2, -0.15) is 0 Å². The molecule has 120 valence electrons. The number of hydrogen-bond donors (Lipinski definition) is 1. The number of rotatable bonds is 4. The molecule has 3 rings (SSSR count). The van der Waals surface area contributed by atoms with Gasteiger partial charge in [-0.15, -0.1) is 0 Å². The summed E-state index contributed by atoms with van der Waals surface area (Å²) in [6.07, 6.45) is 0. The van der Waals surface area contributed by atoms with Gasteiger partial charge in [0.25, 0.3) is 0 Å². The zero-order chi connectivity index (χ0) is 17.1. The van der Waals surface area contributed by atoms with Crippen LogP contribution in [0.25, 0.3) is 0 Å². The van der Waals surface area contributed by atoms with Gasteiger partial charge in [-0.05, 0) is 60.5 Å². The van der Waals surface area contributed by atoms with Gasteiger partial charge >= 0.3 is 0 Å². The molecule has 0 fully saturated rings. The zero-order valence-corrected chi connectivity index (χ0v) is 16.2. The molecular formula is C20H15BrClNS. The molecule has 0 aliphatic rings. The standard InChI is InChI=1S/C20H15BrClNS/c1-13-4-2-3-5-17(13)20(24)18-11-10-16(12-19(18)22)23-15-8-6-14(21)7-9-15/h2-12,23H,1H3. The third-order valence-corrected chi connectivity index (χ3v) is 5.02. The number of thiocarbonyl (C=S) groups is 1. The minimum Gasteiger partial charge on any atom is -0.355 e. The van der Waals surface area contributed by atoms with Crippen LogP contribution in [-0.2, 0) is 0 Å². The predicted molar refractivity (Wildman–Crippen MR) is 111 cm³/mol. The van der Waals surface area contributed by atoms with Crippen LogP contribution in [0.2, 0.25) is 5.02 Å². The molecule has 0 saturated heterocycles. The zero-order valence-electron chi connectivity index (χ0n) is 13.0. The monoisotopic (exact) mass is 415 g/mol. The fourth-order valence-electron chi connectivity index (χ4n) is 2.45. The maximum Gasteiger partial charge on any atom is 0.0539 e. The van der Waals surface area contributed by atoms with Crippen LogP contribution < -0.4 is 5.32 Å². The molecular weight excluding hydrogens is 402 g/mol. The van der Waals surface area contributed by atoms with E-state index in [4.69, 9.17) is 23.8 Å². The van der Waals surface area contributed by atoms with Crippen LogP contribution in [0.3, 0.4) is 0 Å². The van der Waals surface area contributed by atoms with Crippen LogP contribution >= 0.6 is 39.7 Å². The molecule has 0 atom stereocenters. The van der Waals surface area contributed by atoms with Gasteiger partial charge < -0.3 is 5.32 Å². The first-order chi connectivity index (χ1) is 11.5. The molecule has 0 aliphatic carbocycles. The first-order valence-corrected chi connectivity index (χ1v) is 9.05. The molecule has 3 aromatic rings. The molecule has 0 heterocycles. The van der Waals surface area contributed by atoms with Crippen LogP contribution in [-0.4, -0.2) is 4.86 Å². The van der Waals surface area contributed by atoms with Gasteiger partial charge in [0.15, 0.2) is 0 Å². The van der Waals surface area contributed by atoms with Gasteiger partial charge in [0.1, 0.15) is 0 Å². The molecule has 24 heavy (non-hydrogen) atoms. The Bertz CT molecular complexity index is 890. The van der Waals surface area contributed by atoms with E-state index >= 15 is 0 Å². The van der Waals surface area contributed by atoms with Gasteiger partial charge in [-0.25, -0.2) is 0 Å². The van der Waals surface area contributed by atoms with Crippen LogP contribution in [0.15, 0.2) is 71.2 Å². The fourth-order valence-corrected chi connectivity index (χ4v) is 3.45. The average Bonchev–Trinajstić information content (AvgIpc) is 2.57. The quantitative estimate of drug-likeness (QED) is 0.366. The van der Waals surface area contributed by atoms with E-state index in [9.17, 15) is 0 Å². The molecule has 0 spiro atoms. The largest absolute Gasteiger partial charge is 0.355 e. The SMILES string of the molecule is Cc1ccccc1C(=S)c1ccc(Nc2ccc(Br)cc2)cc1Cl. The van der Waals surface area contributed by atoms with E-state index in [0.29, 0.717) is 5.02 Å². The minimum absolute atomic E-state index is 0.644. The Morgan fingerprint density at radius 3 is 2.25 bits per heavy atom. The van der Waals surface area contributed by atoms with E-state index in [-0.39, 0.29) is 0 Å². The normalized spacial score (nSPS) is 10.5. The molecule has 0 amide bonds. The second-order valence-electron chi connectivity index (χ2n) is 5.47. The van der Waals surface area contributed by atoms with Crippen LogP contribution in [0.4, 0.5) is 11.4 Å². The highest BCUT2D eigenvalue weighted by atomic mass is 79.9. The molecule has 3 aromatic carbocycles. The lowest BCUT2D eigenvalue weighted by molar-refractivity contribution is 1.44. The summed E-state index contributed by atoms with van der Waals surface area (Å²) in [7, 11) is 0. The van der Waals surface area contributed by atoms with Gasteiger partial charge in [0.2, 0.25) is 0 Å². The summed E-state index contributed by atoms with van der Waals surface area (Å²) in [5, 5.41) is 3.98. The smallest absolute Gasteiger partial charge is 0.0539 e. The number of halogens is 2. The van der Waals surface area contributed by atoms with Crippen LogP contribution in [0.5, 0.6) is 0 Å². The minimum atomic E-state index is 0.644. The van der Waals surface area contributed by atoms with Crippen molar-refractivity contribution in [2.45, 2.75) is 6.92 Å². The first kappa shape index (κ1) is 17.2. The molecule has 0 radical (unpaired) electrons. The second kappa shape index (κ2) is 7.47. The van der Waals surface area contributed by atoms with Gasteiger partial charge in [0, 0.05) is 21.4 Å². The maximum atomic E-state index is 6.48. The molecule has 0 saturated carbocycles. The van der Waals surface area contributed by atoms with Crippen molar-refractivity contribution in [1.82, 2.24) is 0 Å². The second-order valence-corrected chi connectivity index (χ2v) is 7.20. The third kappa shape index (κ3) is 3.86. The van der Waals surface area contributed by atoms with Crippen LogP contribution in [0.1, 0.15) is 16.7 Å². The van der Waals surface area contributed by atoms with Crippen molar-refractivity contribution in [3.05, 3.63) is 92.9 Å². The third-order valence-electron chi connectivity index (χ3n) is 3.74. The fraction of sp³-hybridized carbons (Fsp3) is 0.0500. The van der Waals surface area contributed by atoms with E-state index < -0.39 is 0 Å². The highest BCUT2D eigenvalue weighted by Gasteiger charge is 2.11. The van der Waals surface area contributed by atoms with E-state index in [2.05, 4.69) is 34.2 Å². The molecule has 0 unspecified atom stereocenters. The van der Waals surface area contributed by atoms with Gasteiger partial charge in [-0.3, -0.25) is 0 Å². The molecule has 0 aliphatic heterocycles. The van der Waals surface area contributed by atoms with Crippen molar-refractivity contribution in [3.8, 4) is 0 Å². The highest BCUT2D eigenvalue weighted by Crippen LogP contribution is 2.27. The van der Waals surface area contributed by atoms with Gasteiger partial charge in [0.05, 0.1) is 9.89 Å². The molecule has 1 N–H and O–H groups in total. The lowest BCUT2D eigenvalue weighted by atomic mass is 10.00. The van der Waals surface area contributed by atoms with E-state index in [0.717, 1.165) is 37.4 Å². The van der Waals surface area contributed by atoms with Crippen molar-refractivity contribution in [1.29, 1.82) is 0 Å². The Morgan fingerprint density at radius 1 is 0.917 bits per heavy atom. The van der Waals surface area contributed by atoms with Crippen molar-refractivity contribution < 1.29 is 0 Å². The number of nitrogens with one attached hydrogen (secondary N) is 1. The number of aryl methyl sites for hydroxylation is 1. The van der Waals surface area contributed by atoms with Crippen molar-refractivity contribution >= 4 is 56.0 Å². The summed E-state index contributed by atoms with van der Waals surface area (Å²) < 4.78 is 1.05. The summed E-state index contributed by atoms with van der Waals surface area (Å²) in [6.45, 7) is 2.05. The number of anilines is 2. The first-order valence-electron chi connectivity index (χ1n) is 7.47. The summed E-state index contributed by atoms with van der Waals surface area (Å²) in [6, 6.07) is 21.9. The maximum absolute atomic E-state index is 6.48. The van der Waals surface area contributed by atoms with Crippen molar-refractivity contribution in [3.63, 3.8) is 0 Å². The van der Waals surface area contributed by atoms with Crippen molar-refractivity contribution in [2.75, 3.05) is 5.32 Å². The Labute approximate surface area is 160 Å². The van der Waals surface area contributed by atoms with E-state index in [1.165, 1.54) is 0 Å². The molecule has 0 bridgehead atoms. The highest BCUT2D eigenvalue weighted by molar-refractivity contribution is 9.10. The topological polar surface area (TPSA) is 12.0 Å². The molecule has 0 aromatic heterocycles. The summed E-state index contributed by atoms with van der Waals surface area (Å²) >= 11 is 15.6. The Morgan fingerprint density at radius 2 is 1.58 bits per heavy atom. The van der Waals surface area contributed by atoms with E-state index in [1.54, 1.807) is 0 Å². The Hall–Kier alpha value is -1.68. The summed E-state index contributed by atoms with van der Waals surface area (Å²) in [5.41, 5.74) is 5.00. The molecule has 4 heteroatoms. The summed E-state index contributed by atoms with van der Waals surface area (Å²) in [4.78, 5) is 0.772. The van der Waals surface area contributed by atoms with Crippen molar-refractivity contribution in [2.24, 2.45) is 0 Å². The van der Waals surface area contributed by atoms with E-state index in [1.807, 2.05) is 60.7 Å². The Kier molecular flexibility index (Phi) is 5.34. The lowest BCUT2D eigenvalue weighted by Crippen LogP contribution is -2.03. The van der Waals surface area contributed by atoms with Crippen LogP contribution in [0, 0.1) is 6.92 Å². The Balaban J connectivity index is 1.86. The lowest BCUT2D eigenvalue weighted by Gasteiger charge is -2.12. The predicted octanol–water partition coefficient (Wildman–Crippen LogP) is 6.92. The number of benzene rings is 3. The average molecular weight is 417 g/mol. The number of hydrogen-bond acceptors (Lipinski definition) is 2.